The number of methoxy groups -OCH3 is 1. The maximum atomic E-state index is 12.4. The number of rotatable bonds is 6. The van der Waals surface area contributed by atoms with Gasteiger partial charge in [0.25, 0.3) is 0 Å². The van der Waals surface area contributed by atoms with Gasteiger partial charge >= 0.3 is 5.97 Å². The molecule has 2 aromatic rings. The largest absolute Gasteiger partial charge is 0.493 e. The van der Waals surface area contributed by atoms with E-state index in [0.717, 1.165) is 48.3 Å². The van der Waals surface area contributed by atoms with Gasteiger partial charge in [0.2, 0.25) is 0 Å². The maximum absolute atomic E-state index is 12.4. The molecule has 0 spiro atoms. The second-order valence-corrected chi connectivity index (χ2v) is 7.65. The van der Waals surface area contributed by atoms with E-state index in [9.17, 15) is 14.7 Å². The number of carbonyl (C=O) groups is 1. The Morgan fingerprint density at radius 1 is 1.25 bits per heavy atom. The molecule has 6 heteroatoms. The van der Waals surface area contributed by atoms with E-state index >= 15 is 0 Å². The molecule has 0 amide bonds. The number of hydrogen-bond acceptors (Lipinski definition) is 4. The number of aromatic nitrogens is 1. The number of benzene rings is 1. The quantitative estimate of drug-likeness (QED) is 0.769. The number of nitrogens with zero attached hydrogens (tertiary/aromatic N) is 1. The van der Waals surface area contributed by atoms with E-state index in [0.29, 0.717) is 19.1 Å². The minimum absolute atomic E-state index is 0.160. The second-order valence-electron chi connectivity index (χ2n) is 7.65. The fourth-order valence-electron chi connectivity index (χ4n) is 4.61. The van der Waals surface area contributed by atoms with Crippen LogP contribution in [0.5, 0.6) is 5.75 Å². The first-order valence-electron chi connectivity index (χ1n) is 9.77. The molecule has 0 radical (unpaired) electrons. The summed E-state index contributed by atoms with van der Waals surface area (Å²) in [7, 11) is 1.68. The monoisotopic (exact) mass is 383 g/mol. The average molecular weight is 383 g/mol. The Kier molecular flexibility index (Phi) is 4.98. The van der Waals surface area contributed by atoms with Crippen LogP contribution >= 0.6 is 0 Å². The van der Waals surface area contributed by atoms with Crippen molar-refractivity contribution in [2.24, 2.45) is 0 Å². The Labute approximate surface area is 163 Å². The lowest BCUT2D eigenvalue weighted by molar-refractivity contribution is 0.0694. The lowest BCUT2D eigenvalue weighted by Gasteiger charge is -2.34. The SMILES string of the molecule is COCCCOc1cc2c(cc1C)-c1cc(=O)c(C(=O)O)cn1C1CCCC21. The van der Waals surface area contributed by atoms with Crippen molar-refractivity contribution in [1.29, 1.82) is 0 Å². The molecule has 2 aliphatic rings. The fourth-order valence-corrected chi connectivity index (χ4v) is 4.61. The summed E-state index contributed by atoms with van der Waals surface area (Å²) in [6.45, 7) is 3.26. The first-order chi connectivity index (χ1) is 13.5. The number of aromatic carboxylic acids is 1. The van der Waals surface area contributed by atoms with Crippen LogP contribution in [0.2, 0.25) is 0 Å². The summed E-state index contributed by atoms with van der Waals surface area (Å²) in [5, 5.41) is 9.37. The molecule has 148 valence electrons. The van der Waals surface area contributed by atoms with E-state index in [1.165, 1.54) is 17.8 Å². The highest BCUT2D eigenvalue weighted by Crippen LogP contribution is 2.51. The van der Waals surface area contributed by atoms with Crippen LogP contribution in [0, 0.1) is 6.92 Å². The third-order valence-electron chi connectivity index (χ3n) is 5.92. The van der Waals surface area contributed by atoms with Crippen molar-refractivity contribution in [1.82, 2.24) is 4.57 Å². The number of hydrogen-bond donors (Lipinski definition) is 1. The van der Waals surface area contributed by atoms with Gasteiger partial charge in [-0.3, -0.25) is 4.79 Å². The molecular weight excluding hydrogens is 358 g/mol. The molecule has 2 atom stereocenters. The van der Waals surface area contributed by atoms with Crippen LogP contribution in [0.15, 0.2) is 29.2 Å². The van der Waals surface area contributed by atoms with Crippen molar-refractivity contribution in [3.8, 4) is 17.0 Å². The first kappa shape index (κ1) is 18.7. The van der Waals surface area contributed by atoms with Crippen molar-refractivity contribution < 1.29 is 19.4 Å². The molecule has 0 bridgehead atoms. The summed E-state index contributed by atoms with van der Waals surface area (Å²) in [5.74, 6) is 0.0173. The minimum atomic E-state index is -1.17. The molecule has 1 aliphatic carbocycles. The third-order valence-corrected chi connectivity index (χ3v) is 5.92. The highest BCUT2D eigenvalue weighted by Gasteiger charge is 2.37. The van der Waals surface area contributed by atoms with Gasteiger partial charge < -0.3 is 19.1 Å². The summed E-state index contributed by atoms with van der Waals surface area (Å²) in [5.41, 5.74) is 3.43. The van der Waals surface area contributed by atoms with Gasteiger partial charge in [-0.05, 0) is 43.0 Å². The lowest BCUT2D eigenvalue weighted by atomic mass is 9.83. The number of fused-ring (bicyclic) bond motifs is 6. The summed E-state index contributed by atoms with van der Waals surface area (Å²) in [6.07, 6.45) is 5.49. The topological polar surface area (TPSA) is 77.8 Å². The van der Waals surface area contributed by atoms with Gasteiger partial charge in [0.05, 0.1) is 12.3 Å². The molecule has 1 saturated carbocycles. The highest BCUT2D eigenvalue weighted by molar-refractivity contribution is 5.88. The molecule has 1 aromatic carbocycles. The molecule has 4 rings (SSSR count). The van der Waals surface area contributed by atoms with Crippen LogP contribution in [0.4, 0.5) is 0 Å². The van der Waals surface area contributed by atoms with E-state index in [4.69, 9.17) is 9.47 Å². The summed E-state index contributed by atoms with van der Waals surface area (Å²) >= 11 is 0. The van der Waals surface area contributed by atoms with Crippen LogP contribution in [0.3, 0.4) is 0 Å². The van der Waals surface area contributed by atoms with Gasteiger partial charge in [-0.2, -0.15) is 0 Å². The van der Waals surface area contributed by atoms with Gasteiger partial charge in [-0.25, -0.2) is 4.79 Å². The van der Waals surface area contributed by atoms with Gasteiger partial charge in [0.15, 0.2) is 5.43 Å². The number of pyridine rings is 1. The molecular formula is C22H25NO5. The maximum Gasteiger partial charge on any atom is 0.341 e. The Bertz CT molecular complexity index is 978. The highest BCUT2D eigenvalue weighted by atomic mass is 16.5. The fraction of sp³-hybridized carbons (Fsp3) is 0.455. The molecule has 1 aliphatic heterocycles. The average Bonchev–Trinajstić information content (AvgIpc) is 3.15. The predicted octanol–water partition coefficient (Wildman–Crippen LogP) is 3.76. The smallest absolute Gasteiger partial charge is 0.341 e. The van der Waals surface area contributed by atoms with E-state index in [2.05, 4.69) is 12.1 Å². The summed E-state index contributed by atoms with van der Waals surface area (Å²) in [6, 6.07) is 5.86. The van der Waals surface area contributed by atoms with Gasteiger partial charge in [0, 0.05) is 49.9 Å². The minimum Gasteiger partial charge on any atom is -0.493 e. The molecule has 0 saturated heterocycles. The molecule has 1 aromatic heterocycles. The van der Waals surface area contributed by atoms with E-state index < -0.39 is 11.4 Å². The predicted molar refractivity (Wildman–Crippen MR) is 105 cm³/mol. The lowest BCUT2D eigenvalue weighted by Crippen LogP contribution is -2.26. The molecule has 1 N–H and O–H groups in total. The van der Waals surface area contributed by atoms with Gasteiger partial charge in [-0.1, -0.05) is 6.42 Å². The molecule has 6 nitrogen and oxygen atoms in total. The second kappa shape index (κ2) is 7.43. The normalized spacial score (nSPS) is 19.6. The van der Waals surface area contributed by atoms with Crippen LogP contribution in [0.25, 0.3) is 11.3 Å². The zero-order chi connectivity index (χ0) is 19.8. The first-order valence-corrected chi connectivity index (χ1v) is 9.77. The van der Waals surface area contributed by atoms with Crippen LogP contribution in [0.1, 0.15) is 59.1 Å². The van der Waals surface area contributed by atoms with Crippen molar-refractivity contribution in [2.45, 2.75) is 44.6 Å². The summed E-state index contributed by atoms with van der Waals surface area (Å²) in [4.78, 5) is 23.8. The van der Waals surface area contributed by atoms with Crippen LogP contribution in [-0.2, 0) is 4.74 Å². The molecule has 2 heterocycles. The van der Waals surface area contributed by atoms with E-state index in [1.807, 2.05) is 11.5 Å². The van der Waals surface area contributed by atoms with Crippen molar-refractivity contribution in [2.75, 3.05) is 20.3 Å². The van der Waals surface area contributed by atoms with Crippen molar-refractivity contribution in [3.05, 3.63) is 51.3 Å². The Hall–Kier alpha value is -2.60. The zero-order valence-electron chi connectivity index (χ0n) is 16.2. The number of aryl methyl sites for hydroxylation is 1. The Balaban J connectivity index is 1.80. The number of carboxylic acids is 1. The van der Waals surface area contributed by atoms with E-state index in [1.54, 1.807) is 7.11 Å². The molecule has 1 fully saturated rings. The van der Waals surface area contributed by atoms with Crippen LogP contribution in [-0.4, -0.2) is 36.0 Å². The standard InChI is InChI=1S/C22H25NO5/c1-13-9-16-15(10-21(13)28-8-4-7-27-2)14-5-3-6-18(14)23-12-17(22(25)26)20(24)11-19(16)23/h9-12,14,18H,3-8H2,1-2H3,(H,25,26). The van der Waals surface area contributed by atoms with Crippen molar-refractivity contribution >= 4 is 5.97 Å². The summed E-state index contributed by atoms with van der Waals surface area (Å²) < 4.78 is 13.1. The molecule has 28 heavy (non-hydrogen) atoms. The van der Waals surface area contributed by atoms with E-state index in [-0.39, 0.29) is 11.6 Å². The zero-order valence-corrected chi connectivity index (χ0v) is 16.2. The molecule has 2 unspecified atom stereocenters. The van der Waals surface area contributed by atoms with Gasteiger partial charge in [-0.15, -0.1) is 0 Å². The number of ether oxygens (including phenoxy) is 2. The third kappa shape index (κ3) is 3.11. The van der Waals surface area contributed by atoms with Gasteiger partial charge in [0.1, 0.15) is 11.3 Å². The Morgan fingerprint density at radius 3 is 2.82 bits per heavy atom. The number of carboxylic acid groups (broad SMARTS) is 1. The van der Waals surface area contributed by atoms with Crippen molar-refractivity contribution in [3.63, 3.8) is 0 Å². The van der Waals surface area contributed by atoms with Crippen LogP contribution < -0.4 is 10.2 Å². The Morgan fingerprint density at radius 2 is 2.07 bits per heavy atom.